The van der Waals surface area contributed by atoms with Crippen molar-refractivity contribution in [2.45, 2.75) is 13.5 Å². The molecule has 1 fully saturated rings. The van der Waals surface area contributed by atoms with Crippen LogP contribution in [0.4, 0.5) is 0 Å². The molecule has 1 amide bonds. The van der Waals surface area contributed by atoms with Crippen LogP contribution in [0.1, 0.15) is 12.5 Å². The zero-order valence-electron chi connectivity index (χ0n) is 17.3. The molecule has 1 aromatic carbocycles. The highest BCUT2D eigenvalue weighted by atomic mass is 32.1. The summed E-state index contributed by atoms with van der Waals surface area (Å²) in [6.45, 7) is 3.52. The molecule has 1 aromatic heterocycles. The summed E-state index contributed by atoms with van der Waals surface area (Å²) >= 11 is 1.08. The number of aromatic hydroxyl groups is 1. The highest BCUT2D eigenvalue weighted by Crippen LogP contribution is 2.26. The molecule has 0 radical (unpaired) electrons. The fourth-order valence-corrected chi connectivity index (χ4v) is 4.09. The molecule has 2 aromatic rings. The number of carbonyl (C=O) groups is 2. The Labute approximate surface area is 182 Å². The molecule has 0 unspecified atom stereocenters. The second-order valence-electron chi connectivity index (χ2n) is 6.66. The number of esters is 1. The van der Waals surface area contributed by atoms with E-state index < -0.39 is 11.5 Å². The topological polar surface area (TPSA) is 107 Å². The number of methoxy groups -OCH3 is 1. The van der Waals surface area contributed by atoms with Gasteiger partial charge in [0.2, 0.25) is 5.91 Å². The predicted molar refractivity (Wildman–Crippen MR) is 115 cm³/mol. The van der Waals surface area contributed by atoms with Crippen LogP contribution in [0.2, 0.25) is 0 Å². The molecule has 1 saturated heterocycles. The van der Waals surface area contributed by atoms with Gasteiger partial charge in [0.05, 0.1) is 37.5 Å². The van der Waals surface area contributed by atoms with Gasteiger partial charge in [0.1, 0.15) is 11.2 Å². The number of aromatic nitrogens is 1. The van der Waals surface area contributed by atoms with Crippen LogP contribution < -0.4 is 19.5 Å². The van der Waals surface area contributed by atoms with Crippen molar-refractivity contribution >= 4 is 35.4 Å². The summed E-state index contributed by atoms with van der Waals surface area (Å²) < 4.78 is 17.3. The van der Waals surface area contributed by atoms with Crippen LogP contribution in [0.5, 0.6) is 11.5 Å². The number of amides is 1. The summed E-state index contributed by atoms with van der Waals surface area (Å²) in [7, 11) is 1.43. The van der Waals surface area contributed by atoms with Crippen molar-refractivity contribution in [1.29, 1.82) is 0 Å². The molecule has 9 nitrogen and oxygen atoms in total. The average Bonchev–Trinajstić information content (AvgIpc) is 3.04. The van der Waals surface area contributed by atoms with Gasteiger partial charge in [0.15, 0.2) is 11.5 Å². The fraction of sp³-hybridized carbons (Fsp3) is 0.381. The molecule has 1 N–H and O–H groups in total. The molecular formula is C21H24N2O7S. The zero-order chi connectivity index (χ0) is 22.4. The minimum Gasteiger partial charge on any atom is -0.504 e. The van der Waals surface area contributed by atoms with Gasteiger partial charge in [-0.1, -0.05) is 6.07 Å². The lowest BCUT2D eigenvalue weighted by Gasteiger charge is -2.26. The van der Waals surface area contributed by atoms with Gasteiger partial charge >= 0.3 is 5.97 Å². The summed E-state index contributed by atoms with van der Waals surface area (Å²) in [5, 5.41) is 9.77. The van der Waals surface area contributed by atoms with Gasteiger partial charge in [-0.25, -0.2) is 4.79 Å². The molecule has 2 heterocycles. The third kappa shape index (κ3) is 5.53. The second-order valence-corrected chi connectivity index (χ2v) is 7.72. The molecule has 166 valence electrons. The molecule has 1 aliphatic heterocycles. The first-order valence-electron chi connectivity index (χ1n) is 9.75. The number of phenolic OH excluding ortho intramolecular Hbond substituents is 1. The van der Waals surface area contributed by atoms with Crippen molar-refractivity contribution in [3.8, 4) is 11.5 Å². The molecule has 0 spiro atoms. The Bertz CT molecular complexity index is 1130. The number of phenols is 1. The van der Waals surface area contributed by atoms with Gasteiger partial charge in [0, 0.05) is 13.1 Å². The quantitative estimate of drug-likeness (QED) is 0.602. The first-order chi connectivity index (χ1) is 14.9. The minimum atomic E-state index is -0.589. The molecule has 0 bridgehead atoms. The monoisotopic (exact) mass is 448 g/mol. The van der Waals surface area contributed by atoms with Crippen LogP contribution in [0.3, 0.4) is 0 Å². The van der Waals surface area contributed by atoms with Crippen LogP contribution in [0, 0.1) is 0 Å². The van der Waals surface area contributed by atoms with Crippen molar-refractivity contribution in [2.24, 2.45) is 0 Å². The lowest BCUT2D eigenvalue weighted by Crippen LogP contribution is -2.45. The fourth-order valence-electron chi connectivity index (χ4n) is 3.06. The molecule has 0 atom stereocenters. The summed E-state index contributed by atoms with van der Waals surface area (Å²) in [4.78, 5) is 39.4. The first-order valence-corrected chi connectivity index (χ1v) is 10.6. The molecule has 0 saturated carbocycles. The van der Waals surface area contributed by atoms with E-state index >= 15 is 0 Å². The van der Waals surface area contributed by atoms with Crippen LogP contribution >= 0.6 is 11.3 Å². The van der Waals surface area contributed by atoms with E-state index in [1.54, 1.807) is 30.0 Å². The number of thiazole rings is 1. The number of carbonyl (C=O) groups excluding carboxylic acids is 2. The molecule has 3 rings (SSSR count). The largest absolute Gasteiger partial charge is 0.504 e. The van der Waals surface area contributed by atoms with Gasteiger partial charge in [-0.05, 0) is 30.7 Å². The Morgan fingerprint density at radius 3 is 2.71 bits per heavy atom. The van der Waals surface area contributed by atoms with E-state index in [-0.39, 0.29) is 30.6 Å². The third-order valence-corrected chi connectivity index (χ3v) is 5.68. The van der Waals surface area contributed by atoms with Crippen LogP contribution in [-0.2, 0) is 25.6 Å². The van der Waals surface area contributed by atoms with Crippen molar-refractivity contribution in [2.75, 3.05) is 40.0 Å². The lowest BCUT2D eigenvalue weighted by atomic mass is 10.2. The Morgan fingerprint density at radius 1 is 1.29 bits per heavy atom. The average molecular weight is 448 g/mol. The number of morpholine rings is 1. The van der Waals surface area contributed by atoms with E-state index in [9.17, 15) is 19.5 Å². The van der Waals surface area contributed by atoms with Crippen LogP contribution in [0.25, 0.3) is 12.2 Å². The maximum absolute atomic E-state index is 13.1. The Hall–Kier alpha value is -3.11. The number of hydrogen-bond donors (Lipinski definition) is 1. The number of hydrogen-bond acceptors (Lipinski definition) is 8. The third-order valence-electron chi connectivity index (χ3n) is 4.62. The van der Waals surface area contributed by atoms with Crippen molar-refractivity contribution in [3.63, 3.8) is 0 Å². The summed E-state index contributed by atoms with van der Waals surface area (Å²) in [5.41, 5.74) is 0.233. The molecule has 1 aliphatic rings. The normalized spacial score (nSPS) is 15.2. The van der Waals surface area contributed by atoms with E-state index in [0.29, 0.717) is 41.1 Å². The van der Waals surface area contributed by atoms with Crippen LogP contribution in [-0.4, -0.2) is 66.5 Å². The van der Waals surface area contributed by atoms with E-state index in [4.69, 9.17) is 14.2 Å². The first kappa shape index (κ1) is 22.6. The zero-order valence-corrected chi connectivity index (χ0v) is 18.1. The van der Waals surface area contributed by atoms with E-state index in [2.05, 4.69) is 0 Å². The molecule has 0 aliphatic carbocycles. The van der Waals surface area contributed by atoms with E-state index in [0.717, 1.165) is 11.3 Å². The van der Waals surface area contributed by atoms with Gasteiger partial charge in [-0.15, -0.1) is 11.3 Å². The number of rotatable bonds is 6. The second kappa shape index (κ2) is 10.3. The number of ether oxygens (including phenoxy) is 3. The number of nitrogens with zero attached hydrogens (tertiary/aromatic N) is 2. The van der Waals surface area contributed by atoms with E-state index in [1.165, 1.54) is 23.8 Å². The van der Waals surface area contributed by atoms with Crippen molar-refractivity contribution in [1.82, 2.24) is 9.47 Å². The smallest absolute Gasteiger partial charge is 0.333 e. The van der Waals surface area contributed by atoms with Crippen LogP contribution in [0.15, 0.2) is 23.0 Å². The molecular weight excluding hydrogens is 424 g/mol. The molecule has 10 heteroatoms. The summed E-state index contributed by atoms with van der Waals surface area (Å²) in [6.07, 6.45) is 2.84. The Morgan fingerprint density at radius 2 is 2.03 bits per heavy atom. The van der Waals surface area contributed by atoms with Gasteiger partial charge in [0.25, 0.3) is 5.56 Å². The van der Waals surface area contributed by atoms with Crippen molar-refractivity contribution < 1.29 is 28.9 Å². The minimum absolute atomic E-state index is 0.0179. The summed E-state index contributed by atoms with van der Waals surface area (Å²) in [5.74, 6) is -0.559. The maximum atomic E-state index is 13.1. The predicted octanol–water partition coefficient (Wildman–Crippen LogP) is -0.345. The Balaban J connectivity index is 2.04. The van der Waals surface area contributed by atoms with Gasteiger partial charge in [-0.2, -0.15) is 0 Å². The molecule has 31 heavy (non-hydrogen) atoms. The SMILES string of the molecule is CCOC(=O)/C=c1/s/c(=C\c2ccc(O)c(OC)c2)c(=O)n1CC(=O)N1CCOCC1. The van der Waals surface area contributed by atoms with Gasteiger partial charge in [-0.3, -0.25) is 14.2 Å². The highest BCUT2D eigenvalue weighted by Gasteiger charge is 2.19. The van der Waals surface area contributed by atoms with Crippen molar-refractivity contribution in [3.05, 3.63) is 43.3 Å². The standard InChI is InChI=1S/C21H24N2O7S/c1-3-30-20(26)12-19-23(13-18(25)22-6-8-29-9-7-22)21(27)17(31-19)11-14-4-5-15(24)16(10-14)28-2/h4-5,10-12,24H,3,6-9,13H2,1-2H3/b17-11-,19-12+. The Kier molecular flexibility index (Phi) is 7.48. The highest BCUT2D eigenvalue weighted by molar-refractivity contribution is 7.07. The van der Waals surface area contributed by atoms with Gasteiger partial charge < -0.3 is 24.2 Å². The van der Waals surface area contributed by atoms with E-state index in [1.807, 2.05) is 0 Å². The summed E-state index contributed by atoms with van der Waals surface area (Å²) in [6, 6.07) is 4.69. The number of benzene rings is 1. The lowest BCUT2D eigenvalue weighted by molar-refractivity contribution is -0.136. The maximum Gasteiger partial charge on any atom is 0.333 e.